The fraction of sp³-hybridized carbons (Fsp3) is 0.368. The lowest BCUT2D eigenvalue weighted by Gasteiger charge is -2.30. The second kappa shape index (κ2) is 9.72. The molecule has 0 saturated heterocycles. The van der Waals surface area contributed by atoms with Crippen molar-refractivity contribution >= 4 is 11.8 Å². The maximum Gasteiger partial charge on any atom is 0.252 e. The number of primary amides is 1. The number of hydrogen-bond donors (Lipinski definition) is 6. The number of nitrogens with two attached hydrogens (primary N) is 2. The zero-order valence-corrected chi connectivity index (χ0v) is 15.1. The summed E-state index contributed by atoms with van der Waals surface area (Å²) in [6, 6.07) is 4.46. The number of aliphatic hydroxyl groups is 2. The van der Waals surface area contributed by atoms with Gasteiger partial charge < -0.3 is 21.7 Å². The van der Waals surface area contributed by atoms with E-state index >= 15 is 0 Å². The van der Waals surface area contributed by atoms with Gasteiger partial charge in [0.05, 0.1) is 18.6 Å². The fourth-order valence-electron chi connectivity index (χ4n) is 2.43. The molecule has 0 heterocycles. The molecule has 1 rings (SSSR count). The molecule has 0 bridgehead atoms. The largest absolute Gasteiger partial charge is 0.394 e. The smallest absolute Gasteiger partial charge is 0.252 e. The van der Waals surface area contributed by atoms with Crippen molar-refractivity contribution in [2.75, 3.05) is 6.61 Å². The van der Waals surface area contributed by atoms with Crippen molar-refractivity contribution < 1.29 is 25.0 Å². The molecular formula is C19H23N3O5. The summed E-state index contributed by atoms with van der Waals surface area (Å²) in [5, 5.41) is 26.9. The van der Waals surface area contributed by atoms with Crippen molar-refractivity contribution in [1.82, 2.24) is 5.48 Å². The molecule has 0 aliphatic heterocycles. The molecule has 0 fully saturated rings. The Labute approximate surface area is 157 Å². The molecule has 8 nitrogen and oxygen atoms in total. The van der Waals surface area contributed by atoms with Crippen LogP contribution >= 0.6 is 0 Å². The van der Waals surface area contributed by atoms with Crippen LogP contribution in [0.3, 0.4) is 0 Å². The Morgan fingerprint density at radius 1 is 1.30 bits per heavy atom. The predicted molar refractivity (Wildman–Crippen MR) is 98.3 cm³/mol. The van der Waals surface area contributed by atoms with E-state index < -0.39 is 29.4 Å². The summed E-state index contributed by atoms with van der Waals surface area (Å²) in [4.78, 5) is 23.9. The molecule has 27 heavy (non-hydrogen) atoms. The van der Waals surface area contributed by atoms with Crippen LogP contribution in [0.15, 0.2) is 18.2 Å². The summed E-state index contributed by atoms with van der Waals surface area (Å²) in [7, 11) is 0. The molecule has 0 saturated carbocycles. The van der Waals surface area contributed by atoms with Gasteiger partial charge in [-0.1, -0.05) is 11.8 Å². The first-order valence-electron chi connectivity index (χ1n) is 8.06. The molecule has 8 N–H and O–H groups in total. The molecular weight excluding hydrogens is 350 g/mol. The summed E-state index contributed by atoms with van der Waals surface area (Å²) < 4.78 is 0. The van der Waals surface area contributed by atoms with E-state index in [9.17, 15) is 14.7 Å². The number of nitrogens with one attached hydrogen (secondary N) is 1. The summed E-state index contributed by atoms with van der Waals surface area (Å²) in [6.07, 6.45) is -0.845. The molecule has 1 aromatic rings. The summed E-state index contributed by atoms with van der Waals surface area (Å²) in [5.41, 5.74) is 12.7. The predicted octanol–water partition coefficient (Wildman–Crippen LogP) is -0.790. The minimum absolute atomic E-state index is 0.0805. The maximum absolute atomic E-state index is 12.1. The van der Waals surface area contributed by atoms with Gasteiger partial charge in [-0.2, -0.15) is 0 Å². The third kappa shape index (κ3) is 6.41. The lowest BCUT2D eigenvalue weighted by Crippen LogP contribution is -2.47. The highest BCUT2D eigenvalue weighted by atomic mass is 16.5. The highest BCUT2D eigenvalue weighted by Crippen LogP contribution is 2.30. The zero-order chi connectivity index (χ0) is 20.6. The van der Waals surface area contributed by atoms with Crippen molar-refractivity contribution in [3.05, 3.63) is 34.9 Å². The van der Waals surface area contributed by atoms with Crippen LogP contribution in [0.25, 0.3) is 0 Å². The first-order valence-corrected chi connectivity index (χ1v) is 8.06. The van der Waals surface area contributed by atoms with Gasteiger partial charge in [0.2, 0.25) is 5.91 Å². The molecule has 144 valence electrons. The topological polar surface area (TPSA) is 159 Å². The minimum atomic E-state index is -1.11. The molecule has 2 amide bonds. The van der Waals surface area contributed by atoms with Gasteiger partial charge in [0.25, 0.3) is 5.91 Å². The Hall–Kier alpha value is -2.88. The van der Waals surface area contributed by atoms with E-state index in [4.69, 9.17) is 21.8 Å². The van der Waals surface area contributed by atoms with Crippen LogP contribution in [0.5, 0.6) is 0 Å². The summed E-state index contributed by atoms with van der Waals surface area (Å²) >= 11 is 0. The van der Waals surface area contributed by atoms with Gasteiger partial charge in [-0.05, 0) is 49.5 Å². The van der Waals surface area contributed by atoms with Crippen molar-refractivity contribution in [1.29, 1.82) is 0 Å². The Morgan fingerprint density at radius 2 is 1.96 bits per heavy atom. The molecule has 8 heteroatoms. The summed E-state index contributed by atoms with van der Waals surface area (Å²) in [5.74, 6) is 7.87. The van der Waals surface area contributed by atoms with Gasteiger partial charge in [0.15, 0.2) is 0 Å². The fourth-order valence-corrected chi connectivity index (χ4v) is 2.43. The lowest BCUT2D eigenvalue weighted by molar-refractivity contribution is -0.132. The number of amides is 2. The van der Waals surface area contributed by atoms with Crippen LogP contribution < -0.4 is 16.9 Å². The van der Waals surface area contributed by atoms with Crippen LogP contribution in [0, 0.1) is 23.7 Å². The van der Waals surface area contributed by atoms with E-state index in [1.165, 1.54) is 18.2 Å². The Balaban J connectivity index is 3.33. The molecule has 0 aromatic heterocycles. The Morgan fingerprint density at radius 3 is 2.48 bits per heavy atom. The third-order valence-electron chi connectivity index (χ3n) is 3.65. The van der Waals surface area contributed by atoms with Crippen LogP contribution in [0.4, 0.5) is 0 Å². The SMILES string of the molecule is CC(C)(N)[C@@H](C(=O)NO)c1cc(C#CC#CC[C@@H](O)CO)ccc1C(N)=O. The third-order valence-corrected chi connectivity index (χ3v) is 3.65. The van der Waals surface area contributed by atoms with Crippen LogP contribution in [-0.4, -0.2) is 45.5 Å². The van der Waals surface area contributed by atoms with Gasteiger partial charge in [0.1, 0.15) is 0 Å². The summed E-state index contributed by atoms with van der Waals surface area (Å²) in [6.45, 7) is 2.77. The van der Waals surface area contributed by atoms with Gasteiger partial charge in [-0.15, -0.1) is 0 Å². The van der Waals surface area contributed by atoms with Crippen molar-refractivity contribution in [3.63, 3.8) is 0 Å². The average molecular weight is 373 g/mol. The quantitative estimate of drug-likeness (QED) is 0.218. The van der Waals surface area contributed by atoms with Crippen molar-refractivity contribution in [2.45, 2.75) is 37.8 Å². The van der Waals surface area contributed by atoms with E-state index in [-0.39, 0.29) is 24.2 Å². The van der Waals surface area contributed by atoms with Gasteiger partial charge in [-0.3, -0.25) is 14.8 Å². The number of hydroxylamine groups is 1. The Bertz CT molecular complexity index is 822. The molecule has 2 atom stereocenters. The average Bonchev–Trinajstić information content (AvgIpc) is 2.59. The van der Waals surface area contributed by atoms with Crippen LogP contribution in [0.1, 0.15) is 47.7 Å². The van der Waals surface area contributed by atoms with E-state index in [1.807, 2.05) is 0 Å². The first kappa shape index (κ1) is 22.2. The van der Waals surface area contributed by atoms with Crippen LogP contribution in [-0.2, 0) is 4.79 Å². The number of carbonyl (C=O) groups is 2. The van der Waals surface area contributed by atoms with E-state index in [0.29, 0.717) is 5.56 Å². The lowest BCUT2D eigenvalue weighted by atomic mass is 9.79. The zero-order valence-electron chi connectivity index (χ0n) is 15.1. The number of hydrogen-bond acceptors (Lipinski definition) is 6. The number of rotatable bonds is 6. The second-order valence-electron chi connectivity index (χ2n) is 6.49. The van der Waals surface area contributed by atoms with Gasteiger partial charge in [-0.25, -0.2) is 5.48 Å². The Kier molecular flexibility index (Phi) is 7.98. The number of carbonyl (C=O) groups excluding carboxylic acids is 2. The van der Waals surface area contributed by atoms with Crippen LogP contribution in [0.2, 0.25) is 0 Å². The molecule has 1 aromatic carbocycles. The molecule has 0 aliphatic rings. The molecule has 0 unspecified atom stereocenters. The van der Waals surface area contributed by atoms with E-state index in [2.05, 4.69) is 23.7 Å². The van der Waals surface area contributed by atoms with E-state index in [0.717, 1.165) is 0 Å². The standard InChI is InChI=1S/C19H23N3O5/c1-19(2,21)16(18(26)22-27)15-10-12(8-9-14(15)17(20)25)6-4-3-5-7-13(24)11-23/h8-10,13,16,23-24,27H,7,11,21H2,1-2H3,(H2,20,25)(H,22,26)/t13-,16-/m1/s1. The van der Waals surface area contributed by atoms with Gasteiger partial charge >= 0.3 is 0 Å². The highest BCUT2D eigenvalue weighted by molar-refractivity contribution is 5.97. The molecule has 0 spiro atoms. The van der Waals surface area contributed by atoms with Gasteiger partial charge in [0, 0.05) is 23.1 Å². The number of benzene rings is 1. The highest BCUT2D eigenvalue weighted by Gasteiger charge is 2.35. The van der Waals surface area contributed by atoms with E-state index in [1.54, 1.807) is 19.3 Å². The monoisotopic (exact) mass is 373 g/mol. The molecule has 0 aliphatic carbocycles. The number of aliphatic hydroxyl groups excluding tert-OH is 2. The maximum atomic E-state index is 12.1. The first-order chi connectivity index (χ1) is 12.6. The van der Waals surface area contributed by atoms with Crippen molar-refractivity contribution in [3.8, 4) is 23.7 Å². The van der Waals surface area contributed by atoms with Crippen molar-refractivity contribution in [2.24, 2.45) is 11.5 Å². The normalized spacial score (nSPS) is 12.7. The second-order valence-corrected chi connectivity index (χ2v) is 6.49. The molecule has 0 radical (unpaired) electrons. The minimum Gasteiger partial charge on any atom is -0.394 e.